The monoisotopic (exact) mass is 264 g/mol. The number of nitrogens with one attached hydrogen (secondary N) is 1. The van der Waals surface area contributed by atoms with E-state index in [0.29, 0.717) is 16.9 Å². The molecule has 0 bridgehead atoms. The van der Waals surface area contributed by atoms with Gasteiger partial charge in [0.2, 0.25) is 17.8 Å². The molecule has 0 radical (unpaired) electrons. The van der Waals surface area contributed by atoms with Crippen LogP contribution in [0, 0.1) is 0 Å². The lowest BCUT2D eigenvalue weighted by Gasteiger charge is -2.12. The van der Waals surface area contributed by atoms with Gasteiger partial charge in [-0.3, -0.25) is 0 Å². The zero-order valence-electron chi connectivity index (χ0n) is 10.1. The van der Waals surface area contributed by atoms with Gasteiger partial charge < -0.3 is 16.0 Å². The summed E-state index contributed by atoms with van der Waals surface area (Å²) < 4.78 is 0. The van der Waals surface area contributed by atoms with E-state index in [4.69, 9.17) is 17.3 Å². The first kappa shape index (κ1) is 12.4. The van der Waals surface area contributed by atoms with Crippen LogP contribution in [0.4, 0.5) is 23.5 Å². The Morgan fingerprint density at radius 3 is 2.39 bits per heavy atom. The first-order valence-corrected chi connectivity index (χ1v) is 5.64. The van der Waals surface area contributed by atoms with Gasteiger partial charge in [0.1, 0.15) is 0 Å². The molecule has 7 heteroatoms. The molecule has 0 saturated carbocycles. The van der Waals surface area contributed by atoms with Gasteiger partial charge in [0.05, 0.1) is 0 Å². The molecule has 0 aliphatic heterocycles. The van der Waals surface area contributed by atoms with E-state index >= 15 is 0 Å². The van der Waals surface area contributed by atoms with Gasteiger partial charge >= 0.3 is 0 Å². The first-order valence-electron chi connectivity index (χ1n) is 5.26. The molecule has 94 valence electrons. The summed E-state index contributed by atoms with van der Waals surface area (Å²) in [4.78, 5) is 14.0. The van der Waals surface area contributed by atoms with Crippen molar-refractivity contribution >= 4 is 35.1 Å². The molecular formula is C11H13ClN6. The predicted octanol–water partition coefficient (Wildman–Crippen LogP) is 1.92. The Hall–Kier alpha value is -2.08. The van der Waals surface area contributed by atoms with Crippen LogP contribution in [0.3, 0.4) is 0 Å². The van der Waals surface area contributed by atoms with Crippen molar-refractivity contribution in [1.29, 1.82) is 0 Å². The van der Waals surface area contributed by atoms with Gasteiger partial charge in [-0.15, -0.1) is 0 Å². The summed E-state index contributed by atoms with van der Waals surface area (Å²) in [6.45, 7) is 0. The number of hydrogen-bond acceptors (Lipinski definition) is 6. The molecule has 2 aromatic rings. The van der Waals surface area contributed by atoms with Crippen molar-refractivity contribution in [2.75, 3.05) is 30.0 Å². The molecule has 0 aliphatic rings. The Balaban J connectivity index is 2.26. The number of halogens is 1. The zero-order valence-corrected chi connectivity index (χ0v) is 10.8. The second-order valence-corrected chi connectivity index (χ2v) is 4.28. The van der Waals surface area contributed by atoms with E-state index in [0.717, 1.165) is 5.69 Å². The Labute approximate surface area is 110 Å². The third-order valence-electron chi connectivity index (χ3n) is 2.14. The molecule has 6 nitrogen and oxygen atoms in total. The number of nitrogen functional groups attached to an aromatic ring is 1. The van der Waals surface area contributed by atoms with Crippen molar-refractivity contribution in [3.63, 3.8) is 0 Å². The van der Waals surface area contributed by atoms with Crippen LogP contribution in [0.15, 0.2) is 24.3 Å². The topological polar surface area (TPSA) is 80.0 Å². The third kappa shape index (κ3) is 2.98. The molecule has 0 aliphatic carbocycles. The highest BCUT2D eigenvalue weighted by atomic mass is 35.5. The lowest BCUT2D eigenvalue weighted by Crippen LogP contribution is -2.15. The maximum atomic E-state index is 5.81. The fraction of sp³-hybridized carbons (Fsp3) is 0.182. The number of hydrogen-bond donors (Lipinski definition) is 2. The van der Waals surface area contributed by atoms with Crippen molar-refractivity contribution in [3.05, 3.63) is 29.3 Å². The molecule has 0 unspecified atom stereocenters. The molecule has 2 rings (SSSR count). The van der Waals surface area contributed by atoms with Gasteiger partial charge in [0.25, 0.3) is 0 Å². The Bertz CT molecular complexity index is 540. The van der Waals surface area contributed by atoms with Gasteiger partial charge in [-0.25, -0.2) is 0 Å². The van der Waals surface area contributed by atoms with Crippen molar-refractivity contribution < 1.29 is 0 Å². The molecular weight excluding hydrogens is 252 g/mol. The van der Waals surface area contributed by atoms with E-state index in [1.165, 1.54) is 0 Å². The summed E-state index contributed by atoms with van der Waals surface area (Å²) in [6, 6.07) is 7.22. The largest absolute Gasteiger partial charge is 0.368 e. The van der Waals surface area contributed by atoms with Crippen LogP contribution in [0.5, 0.6) is 0 Å². The number of aromatic nitrogens is 3. The van der Waals surface area contributed by atoms with Gasteiger partial charge in [0, 0.05) is 24.8 Å². The number of rotatable bonds is 3. The maximum absolute atomic E-state index is 5.81. The molecule has 3 N–H and O–H groups in total. The van der Waals surface area contributed by atoms with Crippen molar-refractivity contribution in [3.8, 4) is 0 Å². The summed E-state index contributed by atoms with van der Waals surface area (Å²) in [7, 11) is 3.67. The molecule has 1 aromatic heterocycles. The highest BCUT2D eigenvalue weighted by molar-refractivity contribution is 6.30. The van der Waals surface area contributed by atoms with Crippen LogP contribution in [0.1, 0.15) is 0 Å². The summed E-state index contributed by atoms with van der Waals surface area (Å²) >= 11 is 5.81. The molecule has 0 amide bonds. The Morgan fingerprint density at radius 2 is 1.78 bits per heavy atom. The molecule has 0 saturated heterocycles. The normalized spacial score (nSPS) is 10.2. The van der Waals surface area contributed by atoms with Crippen LogP contribution >= 0.6 is 11.6 Å². The first-order chi connectivity index (χ1) is 8.54. The van der Waals surface area contributed by atoms with Crippen molar-refractivity contribution in [1.82, 2.24) is 15.0 Å². The van der Waals surface area contributed by atoms with Crippen LogP contribution < -0.4 is 16.0 Å². The minimum atomic E-state index is 0.171. The van der Waals surface area contributed by atoms with E-state index in [-0.39, 0.29) is 5.95 Å². The summed E-state index contributed by atoms with van der Waals surface area (Å²) in [6.07, 6.45) is 0. The Kier molecular flexibility index (Phi) is 3.47. The highest BCUT2D eigenvalue weighted by Gasteiger charge is 2.06. The quantitative estimate of drug-likeness (QED) is 0.882. The standard InChI is InChI=1S/C11H13ClN6/c1-18(2)11-16-9(13)15-10(17-11)14-8-5-3-7(12)4-6-8/h3-6H,1-2H3,(H3,13,14,15,16,17). The van der Waals surface area contributed by atoms with Gasteiger partial charge in [-0.05, 0) is 24.3 Å². The van der Waals surface area contributed by atoms with Crippen LogP contribution in [-0.2, 0) is 0 Å². The summed E-state index contributed by atoms with van der Waals surface area (Å²) in [5.41, 5.74) is 6.45. The van der Waals surface area contributed by atoms with E-state index in [9.17, 15) is 0 Å². The molecule has 18 heavy (non-hydrogen) atoms. The third-order valence-corrected chi connectivity index (χ3v) is 2.39. The van der Waals surface area contributed by atoms with Gasteiger partial charge in [-0.1, -0.05) is 11.6 Å². The number of benzene rings is 1. The van der Waals surface area contributed by atoms with Crippen LogP contribution in [0.25, 0.3) is 0 Å². The molecule has 1 heterocycles. The predicted molar refractivity (Wildman–Crippen MR) is 73.3 cm³/mol. The SMILES string of the molecule is CN(C)c1nc(N)nc(Nc2ccc(Cl)cc2)n1. The Morgan fingerprint density at radius 1 is 1.11 bits per heavy atom. The minimum Gasteiger partial charge on any atom is -0.368 e. The molecule has 0 spiro atoms. The molecule has 0 atom stereocenters. The van der Waals surface area contributed by atoms with Gasteiger partial charge in [0.15, 0.2) is 0 Å². The lowest BCUT2D eigenvalue weighted by molar-refractivity contribution is 0.969. The lowest BCUT2D eigenvalue weighted by atomic mass is 10.3. The second-order valence-electron chi connectivity index (χ2n) is 3.84. The van der Waals surface area contributed by atoms with E-state index in [1.807, 2.05) is 26.2 Å². The van der Waals surface area contributed by atoms with Gasteiger partial charge in [-0.2, -0.15) is 15.0 Å². The summed E-state index contributed by atoms with van der Waals surface area (Å²) in [5, 5.41) is 3.71. The van der Waals surface area contributed by atoms with Crippen LogP contribution in [0.2, 0.25) is 5.02 Å². The zero-order chi connectivity index (χ0) is 13.1. The second kappa shape index (κ2) is 5.05. The van der Waals surface area contributed by atoms with E-state index in [1.54, 1.807) is 17.0 Å². The van der Waals surface area contributed by atoms with E-state index < -0.39 is 0 Å². The molecule has 1 aromatic carbocycles. The fourth-order valence-electron chi connectivity index (χ4n) is 1.30. The maximum Gasteiger partial charge on any atom is 0.233 e. The highest BCUT2D eigenvalue weighted by Crippen LogP contribution is 2.18. The summed E-state index contributed by atoms with van der Waals surface area (Å²) in [5.74, 6) is 1.07. The molecule has 0 fully saturated rings. The number of anilines is 4. The fourth-order valence-corrected chi connectivity index (χ4v) is 1.42. The average Bonchev–Trinajstić information content (AvgIpc) is 2.31. The van der Waals surface area contributed by atoms with Crippen LogP contribution in [-0.4, -0.2) is 29.0 Å². The smallest absolute Gasteiger partial charge is 0.233 e. The number of nitrogens with zero attached hydrogens (tertiary/aromatic N) is 4. The van der Waals surface area contributed by atoms with Crippen molar-refractivity contribution in [2.24, 2.45) is 0 Å². The van der Waals surface area contributed by atoms with Crippen molar-refractivity contribution in [2.45, 2.75) is 0 Å². The van der Waals surface area contributed by atoms with E-state index in [2.05, 4.69) is 20.3 Å². The average molecular weight is 265 g/mol. The minimum absolute atomic E-state index is 0.171. The number of nitrogens with two attached hydrogens (primary N) is 1.